The van der Waals surface area contributed by atoms with E-state index in [0.29, 0.717) is 12.2 Å². The lowest BCUT2D eigenvalue weighted by Gasteiger charge is -2.24. The maximum absolute atomic E-state index is 12.8. The molecule has 2 aromatic heterocycles. The molecule has 0 spiro atoms. The molecule has 8 nitrogen and oxygen atoms in total. The molecule has 2 heterocycles. The van der Waals surface area contributed by atoms with Gasteiger partial charge in [-0.2, -0.15) is 5.21 Å². The highest BCUT2D eigenvalue weighted by atomic mass is 16.5. The monoisotopic (exact) mass is 354 g/mol. The third-order valence-corrected chi connectivity index (χ3v) is 4.32. The molecule has 8 heteroatoms. The number of rotatable bonds is 8. The van der Waals surface area contributed by atoms with E-state index in [1.807, 2.05) is 55.6 Å². The molecule has 136 valence electrons. The number of methoxy groups -OCH3 is 1. The summed E-state index contributed by atoms with van der Waals surface area (Å²) in [5, 5.41) is 17.2. The second-order valence-corrected chi connectivity index (χ2v) is 6.09. The van der Waals surface area contributed by atoms with Crippen molar-refractivity contribution in [3.63, 3.8) is 0 Å². The highest BCUT2D eigenvalue weighted by Crippen LogP contribution is 2.25. The number of ether oxygens (including phenoxy) is 1. The molecular weight excluding hydrogens is 332 g/mol. The lowest BCUT2D eigenvalue weighted by Crippen LogP contribution is -2.37. The number of amides is 1. The molecule has 0 unspecified atom stereocenters. The normalized spacial score (nSPS) is 14.5. The lowest BCUT2D eigenvalue weighted by molar-refractivity contribution is -0.129. The first-order valence-corrected chi connectivity index (χ1v) is 8.42. The van der Waals surface area contributed by atoms with Gasteiger partial charge in [-0.25, -0.2) is 0 Å². The van der Waals surface area contributed by atoms with Gasteiger partial charge in [-0.05, 0) is 17.7 Å². The van der Waals surface area contributed by atoms with Crippen molar-refractivity contribution in [1.29, 1.82) is 0 Å². The Morgan fingerprint density at radius 3 is 2.65 bits per heavy atom. The summed E-state index contributed by atoms with van der Waals surface area (Å²) in [5.74, 6) is -0.0933. The Labute approximate surface area is 151 Å². The molecule has 1 amide bonds. The van der Waals surface area contributed by atoms with Gasteiger partial charge >= 0.3 is 0 Å². The smallest absolute Gasteiger partial charge is 0.226 e. The van der Waals surface area contributed by atoms with Crippen LogP contribution in [0.25, 0.3) is 0 Å². The summed E-state index contributed by atoms with van der Waals surface area (Å²) in [7, 11) is 1.59. The first-order chi connectivity index (χ1) is 12.7. The summed E-state index contributed by atoms with van der Waals surface area (Å²) in [6.45, 7) is 1.83. The Morgan fingerprint density at radius 2 is 2.04 bits per heavy atom. The van der Waals surface area contributed by atoms with Gasteiger partial charge in [0.15, 0.2) is 5.82 Å². The molecule has 0 aliphatic rings. The quantitative estimate of drug-likeness (QED) is 0.573. The van der Waals surface area contributed by atoms with Crippen molar-refractivity contribution in [2.45, 2.75) is 25.5 Å². The molecule has 3 aromatic rings. The minimum absolute atomic E-state index is 0.141. The molecule has 0 radical (unpaired) electrons. The maximum Gasteiger partial charge on any atom is 0.226 e. The Balaban J connectivity index is 1.74. The van der Waals surface area contributed by atoms with Crippen molar-refractivity contribution in [3.8, 4) is 0 Å². The van der Waals surface area contributed by atoms with Crippen LogP contribution in [0.1, 0.15) is 36.2 Å². The highest BCUT2D eigenvalue weighted by Gasteiger charge is 2.29. The molecule has 3 rings (SSSR count). The molecule has 0 aliphatic carbocycles. The molecule has 0 saturated carbocycles. The Hall–Kier alpha value is -3.00. The molecule has 1 aromatic carbocycles. The maximum atomic E-state index is 12.8. The zero-order valence-corrected chi connectivity index (χ0v) is 14.7. The molecule has 0 bridgehead atoms. The van der Waals surface area contributed by atoms with Gasteiger partial charge in [0, 0.05) is 25.4 Å². The van der Waals surface area contributed by atoms with Crippen molar-refractivity contribution in [1.82, 2.24) is 30.9 Å². The van der Waals surface area contributed by atoms with Crippen LogP contribution in [0, 0.1) is 5.92 Å². The molecule has 0 saturated heterocycles. The number of aromatic nitrogens is 5. The van der Waals surface area contributed by atoms with Crippen LogP contribution < -0.4 is 5.32 Å². The van der Waals surface area contributed by atoms with E-state index in [-0.39, 0.29) is 18.1 Å². The zero-order valence-electron chi connectivity index (χ0n) is 14.7. The van der Waals surface area contributed by atoms with Crippen LogP contribution >= 0.6 is 0 Å². The van der Waals surface area contributed by atoms with Crippen LogP contribution in [-0.2, 0) is 16.0 Å². The number of nitrogens with one attached hydrogen (secondary N) is 3. The number of benzene rings is 1. The van der Waals surface area contributed by atoms with Gasteiger partial charge in [0.05, 0.1) is 12.0 Å². The number of H-pyrrole nitrogens is 2. The second kappa shape index (κ2) is 8.39. The van der Waals surface area contributed by atoms with E-state index in [1.54, 1.807) is 7.11 Å². The first-order valence-electron chi connectivity index (χ1n) is 8.42. The fourth-order valence-corrected chi connectivity index (χ4v) is 2.94. The first kappa shape index (κ1) is 17.8. The van der Waals surface area contributed by atoms with Crippen molar-refractivity contribution < 1.29 is 9.53 Å². The van der Waals surface area contributed by atoms with Gasteiger partial charge in [0.1, 0.15) is 6.10 Å². The van der Waals surface area contributed by atoms with E-state index in [9.17, 15) is 4.79 Å². The second-order valence-electron chi connectivity index (χ2n) is 6.09. The van der Waals surface area contributed by atoms with Crippen LogP contribution in [-0.4, -0.2) is 38.6 Å². The molecule has 3 N–H and O–H groups in total. The van der Waals surface area contributed by atoms with E-state index in [0.717, 1.165) is 11.3 Å². The van der Waals surface area contributed by atoms with Gasteiger partial charge in [0.2, 0.25) is 5.91 Å². The van der Waals surface area contributed by atoms with E-state index in [2.05, 4.69) is 30.9 Å². The van der Waals surface area contributed by atoms with E-state index in [4.69, 9.17) is 4.74 Å². The van der Waals surface area contributed by atoms with Gasteiger partial charge < -0.3 is 15.0 Å². The highest BCUT2D eigenvalue weighted by molar-refractivity contribution is 5.79. The predicted octanol–water partition coefficient (Wildman–Crippen LogP) is 1.95. The van der Waals surface area contributed by atoms with Crippen LogP contribution in [0.4, 0.5) is 0 Å². The minimum Gasteiger partial charge on any atom is -0.374 e. The van der Waals surface area contributed by atoms with Crippen molar-refractivity contribution in [2.24, 2.45) is 5.92 Å². The Bertz CT molecular complexity index is 788. The summed E-state index contributed by atoms with van der Waals surface area (Å²) < 4.78 is 5.53. The average Bonchev–Trinajstić information content (AvgIpc) is 3.37. The number of aromatic amines is 2. The molecular formula is C18H22N6O2. The standard InChI is InChI=1S/C18H22N6O2/c1-12(16(26-2)14-9-6-10-19-14)18(25)20-15(17-21-23-24-22-17)11-13-7-4-3-5-8-13/h3-10,12,15-16,19H,11H2,1-2H3,(H,20,25)(H,21,22,23,24)/t12-,15+,16-/m1/s1. The van der Waals surface area contributed by atoms with E-state index in [1.165, 1.54) is 0 Å². The fourth-order valence-electron chi connectivity index (χ4n) is 2.94. The fraction of sp³-hybridized carbons (Fsp3) is 0.333. The Kier molecular flexibility index (Phi) is 5.75. The molecule has 0 aliphatic heterocycles. The Morgan fingerprint density at radius 1 is 1.23 bits per heavy atom. The average molecular weight is 354 g/mol. The largest absolute Gasteiger partial charge is 0.374 e. The van der Waals surface area contributed by atoms with E-state index < -0.39 is 5.92 Å². The van der Waals surface area contributed by atoms with Crippen molar-refractivity contribution >= 4 is 5.91 Å². The van der Waals surface area contributed by atoms with Crippen molar-refractivity contribution in [3.05, 3.63) is 65.7 Å². The summed E-state index contributed by atoms with van der Waals surface area (Å²) in [5.41, 5.74) is 1.93. The number of hydrogen-bond donors (Lipinski definition) is 3. The number of tetrazole rings is 1. The number of carbonyl (C=O) groups is 1. The van der Waals surface area contributed by atoms with Crippen LogP contribution in [0.5, 0.6) is 0 Å². The molecule has 26 heavy (non-hydrogen) atoms. The minimum atomic E-state index is -0.399. The molecule has 0 fully saturated rings. The number of hydrogen-bond acceptors (Lipinski definition) is 5. The van der Waals surface area contributed by atoms with Crippen LogP contribution in [0.3, 0.4) is 0 Å². The predicted molar refractivity (Wildman–Crippen MR) is 94.9 cm³/mol. The van der Waals surface area contributed by atoms with Crippen molar-refractivity contribution in [2.75, 3.05) is 7.11 Å². The van der Waals surface area contributed by atoms with Gasteiger partial charge in [-0.3, -0.25) is 4.79 Å². The summed E-state index contributed by atoms with van der Waals surface area (Å²) in [6.07, 6.45) is 2.01. The van der Waals surface area contributed by atoms with Gasteiger partial charge in [-0.15, -0.1) is 10.2 Å². The van der Waals surface area contributed by atoms with Crippen LogP contribution in [0.15, 0.2) is 48.7 Å². The summed E-state index contributed by atoms with van der Waals surface area (Å²) in [6, 6.07) is 13.3. The topological polar surface area (TPSA) is 109 Å². The third-order valence-electron chi connectivity index (χ3n) is 4.32. The lowest BCUT2D eigenvalue weighted by atomic mass is 9.99. The molecule has 3 atom stereocenters. The SMILES string of the molecule is CO[C@@H](c1ccc[nH]1)[C@@H](C)C(=O)N[C@@H](Cc1ccccc1)c1nn[nH]n1. The summed E-state index contributed by atoms with van der Waals surface area (Å²) >= 11 is 0. The number of carbonyl (C=O) groups excluding carboxylic acids is 1. The van der Waals surface area contributed by atoms with Gasteiger partial charge in [0.25, 0.3) is 0 Å². The van der Waals surface area contributed by atoms with Gasteiger partial charge in [-0.1, -0.05) is 42.5 Å². The summed E-state index contributed by atoms with van der Waals surface area (Å²) in [4.78, 5) is 15.9. The van der Waals surface area contributed by atoms with Crippen LogP contribution in [0.2, 0.25) is 0 Å². The number of nitrogens with zero attached hydrogens (tertiary/aromatic N) is 3. The third kappa shape index (κ3) is 4.15. The van der Waals surface area contributed by atoms with E-state index >= 15 is 0 Å². The zero-order chi connectivity index (χ0) is 18.4.